The molecule has 0 aliphatic heterocycles. The Morgan fingerprint density at radius 3 is 1.26 bits per heavy atom. The summed E-state index contributed by atoms with van der Waals surface area (Å²) in [5.74, 6) is 1.74. The second-order valence-corrected chi connectivity index (χ2v) is 3.60. The van der Waals surface area contributed by atoms with Crippen LogP contribution >= 0.6 is 0 Å². The van der Waals surface area contributed by atoms with Gasteiger partial charge < -0.3 is 14.7 Å². The Morgan fingerprint density at radius 2 is 1.05 bits per heavy atom. The maximum Gasteiger partial charge on any atom is 0.118 e. The molecule has 0 saturated heterocycles. The van der Waals surface area contributed by atoms with E-state index in [1.807, 2.05) is 48.5 Å². The van der Waals surface area contributed by atoms with E-state index in [2.05, 4.69) is 11.9 Å². The van der Waals surface area contributed by atoms with Crippen molar-refractivity contribution in [3.63, 3.8) is 0 Å². The zero-order chi connectivity index (χ0) is 14.1. The molecule has 2 aromatic carbocycles. The third kappa shape index (κ3) is 4.35. The molecule has 100 valence electrons. The van der Waals surface area contributed by atoms with Crippen molar-refractivity contribution in [2.75, 3.05) is 14.2 Å². The monoisotopic (exact) mass is 259 g/mol. The van der Waals surface area contributed by atoms with E-state index in [-0.39, 0.29) is 0 Å². The normalized spacial score (nSPS) is 8.95. The van der Waals surface area contributed by atoms with Crippen LogP contribution in [-0.4, -0.2) is 26.1 Å². The summed E-state index contributed by atoms with van der Waals surface area (Å²) in [5.41, 5.74) is 2.34. The van der Waals surface area contributed by atoms with E-state index in [1.54, 1.807) is 14.2 Å². The minimum absolute atomic E-state index is 0.872. The predicted octanol–water partition coefficient (Wildman–Crippen LogP) is 3.45. The minimum Gasteiger partial charge on any atom is -0.497 e. The fraction of sp³-hybridized carbons (Fsp3) is 0.133. The van der Waals surface area contributed by atoms with Gasteiger partial charge in [0, 0.05) is 6.72 Å². The molecule has 0 aromatic heterocycles. The van der Waals surface area contributed by atoms with Crippen LogP contribution in [0.5, 0.6) is 11.5 Å². The number of hydrogen-bond donors (Lipinski definition) is 1. The second kappa shape index (κ2) is 7.76. The van der Waals surface area contributed by atoms with Crippen LogP contribution in [-0.2, 0) is 0 Å². The van der Waals surface area contributed by atoms with E-state index >= 15 is 0 Å². The van der Waals surface area contributed by atoms with Crippen molar-refractivity contribution in [3.8, 4) is 22.6 Å². The van der Waals surface area contributed by atoms with Gasteiger partial charge >= 0.3 is 0 Å². The van der Waals surface area contributed by atoms with Crippen molar-refractivity contribution in [2.24, 2.45) is 5.16 Å². The topological polar surface area (TPSA) is 51.1 Å². The van der Waals surface area contributed by atoms with Crippen molar-refractivity contribution in [2.45, 2.75) is 0 Å². The predicted molar refractivity (Wildman–Crippen MR) is 76.3 cm³/mol. The van der Waals surface area contributed by atoms with Crippen molar-refractivity contribution >= 4 is 6.72 Å². The largest absolute Gasteiger partial charge is 0.497 e. The van der Waals surface area contributed by atoms with Crippen LogP contribution in [0.4, 0.5) is 0 Å². The summed E-state index contributed by atoms with van der Waals surface area (Å²) in [7, 11) is 3.34. The highest BCUT2D eigenvalue weighted by molar-refractivity contribution is 5.64. The first-order chi connectivity index (χ1) is 9.24. The molecule has 0 aliphatic carbocycles. The van der Waals surface area contributed by atoms with Gasteiger partial charge in [-0.3, -0.25) is 0 Å². The number of ether oxygens (including phenoxy) is 2. The number of nitrogens with zero attached hydrogens (tertiary/aromatic N) is 1. The molecule has 0 radical (unpaired) electrons. The molecular formula is C15H17NO3. The molecule has 4 heteroatoms. The smallest absolute Gasteiger partial charge is 0.118 e. The number of rotatable bonds is 3. The van der Waals surface area contributed by atoms with Gasteiger partial charge in [-0.25, -0.2) is 0 Å². The Hall–Kier alpha value is -2.49. The Bertz CT molecular complexity index is 446. The first-order valence-corrected chi connectivity index (χ1v) is 5.63. The third-order valence-electron chi connectivity index (χ3n) is 2.51. The number of oxime groups is 1. The fourth-order valence-electron chi connectivity index (χ4n) is 1.57. The first-order valence-electron chi connectivity index (χ1n) is 5.63. The molecule has 0 amide bonds. The highest BCUT2D eigenvalue weighted by Gasteiger charge is 1.98. The Morgan fingerprint density at radius 1 is 0.789 bits per heavy atom. The van der Waals surface area contributed by atoms with Crippen molar-refractivity contribution < 1.29 is 14.7 Å². The molecule has 2 rings (SSSR count). The second-order valence-electron chi connectivity index (χ2n) is 3.60. The van der Waals surface area contributed by atoms with Gasteiger partial charge in [-0.15, -0.1) is 5.16 Å². The average molecular weight is 259 g/mol. The van der Waals surface area contributed by atoms with Gasteiger partial charge in [0.2, 0.25) is 0 Å². The van der Waals surface area contributed by atoms with E-state index < -0.39 is 0 Å². The summed E-state index contributed by atoms with van der Waals surface area (Å²) >= 11 is 0. The molecule has 0 fully saturated rings. The van der Waals surface area contributed by atoms with Crippen LogP contribution in [0.2, 0.25) is 0 Å². The van der Waals surface area contributed by atoms with E-state index in [9.17, 15) is 0 Å². The standard InChI is InChI=1S/C14H14O2.CH3NO/c1-15-13-7-3-11(4-8-13)12-5-9-14(16-2)10-6-12;1-2-3/h3-10H,1-2H3;3H,1H2. The van der Waals surface area contributed by atoms with Crippen molar-refractivity contribution in [1.29, 1.82) is 0 Å². The summed E-state index contributed by atoms with van der Waals surface area (Å²) < 4.78 is 10.2. The third-order valence-corrected chi connectivity index (χ3v) is 2.51. The molecule has 0 heterocycles. The van der Waals surface area contributed by atoms with Crippen LogP contribution in [0.25, 0.3) is 11.1 Å². The SMILES string of the molecule is C=NO.COc1ccc(-c2ccc(OC)cc2)cc1. The molecule has 19 heavy (non-hydrogen) atoms. The fourth-order valence-corrected chi connectivity index (χ4v) is 1.57. The highest BCUT2D eigenvalue weighted by atomic mass is 16.5. The van der Waals surface area contributed by atoms with Crippen LogP contribution in [0.1, 0.15) is 0 Å². The maximum atomic E-state index is 7.08. The number of hydrogen-bond acceptors (Lipinski definition) is 4. The van der Waals surface area contributed by atoms with Gasteiger partial charge in [0.05, 0.1) is 14.2 Å². The zero-order valence-electron chi connectivity index (χ0n) is 11.0. The lowest BCUT2D eigenvalue weighted by molar-refractivity contribution is 0.323. The molecule has 1 N–H and O–H groups in total. The quantitative estimate of drug-likeness (QED) is 0.522. The molecule has 4 nitrogen and oxygen atoms in total. The van der Waals surface area contributed by atoms with Gasteiger partial charge in [0.15, 0.2) is 0 Å². The summed E-state index contributed by atoms with van der Waals surface area (Å²) in [6, 6.07) is 16.0. The lowest BCUT2D eigenvalue weighted by Crippen LogP contribution is -1.84. The van der Waals surface area contributed by atoms with Crippen LogP contribution in [0, 0.1) is 0 Å². The van der Waals surface area contributed by atoms with E-state index in [0.29, 0.717) is 0 Å². The lowest BCUT2D eigenvalue weighted by atomic mass is 10.1. The summed E-state index contributed by atoms with van der Waals surface area (Å²) in [6.45, 7) is 2.67. The van der Waals surface area contributed by atoms with Gasteiger partial charge in [-0.05, 0) is 35.4 Å². The van der Waals surface area contributed by atoms with Gasteiger partial charge in [0.25, 0.3) is 0 Å². The Labute approximate surface area is 112 Å². The Kier molecular flexibility index (Phi) is 5.95. The first kappa shape index (κ1) is 14.6. The van der Waals surface area contributed by atoms with E-state index in [4.69, 9.17) is 14.7 Å². The van der Waals surface area contributed by atoms with Crippen LogP contribution in [0.3, 0.4) is 0 Å². The highest BCUT2D eigenvalue weighted by Crippen LogP contribution is 2.24. The molecule has 0 unspecified atom stereocenters. The summed E-state index contributed by atoms with van der Waals surface area (Å²) in [4.78, 5) is 0. The van der Waals surface area contributed by atoms with Crippen LogP contribution < -0.4 is 9.47 Å². The van der Waals surface area contributed by atoms with Crippen molar-refractivity contribution in [3.05, 3.63) is 48.5 Å². The maximum absolute atomic E-state index is 7.08. The molecule has 0 bridgehead atoms. The zero-order valence-corrected chi connectivity index (χ0v) is 11.0. The average Bonchev–Trinajstić information content (AvgIpc) is 2.48. The molecular weight excluding hydrogens is 242 g/mol. The lowest BCUT2D eigenvalue weighted by Gasteiger charge is -2.05. The van der Waals surface area contributed by atoms with Gasteiger partial charge in [0.1, 0.15) is 11.5 Å². The van der Waals surface area contributed by atoms with E-state index in [0.717, 1.165) is 11.5 Å². The summed E-state index contributed by atoms with van der Waals surface area (Å²) in [5, 5.41) is 9.33. The summed E-state index contributed by atoms with van der Waals surface area (Å²) in [6.07, 6.45) is 0. The van der Waals surface area contributed by atoms with Crippen molar-refractivity contribution in [1.82, 2.24) is 0 Å². The van der Waals surface area contributed by atoms with Gasteiger partial charge in [-0.2, -0.15) is 0 Å². The molecule has 0 aliphatic rings. The number of methoxy groups -OCH3 is 2. The Balaban J connectivity index is 0.000000550. The molecule has 0 saturated carbocycles. The molecule has 0 spiro atoms. The van der Waals surface area contributed by atoms with Gasteiger partial charge in [-0.1, -0.05) is 24.3 Å². The number of benzene rings is 2. The minimum atomic E-state index is 0.872. The molecule has 0 atom stereocenters. The van der Waals surface area contributed by atoms with Crippen LogP contribution in [0.15, 0.2) is 53.7 Å². The molecule has 2 aromatic rings. The van der Waals surface area contributed by atoms with E-state index in [1.165, 1.54) is 11.1 Å².